The summed E-state index contributed by atoms with van der Waals surface area (Å²) in [4.78, 5) is 25.8. The SMILES string of the molecule is CO[C@@H]1C[C@H]2[C@@H]3C[C@H](O[C@@H]4OC[C@H](O)[C@H](O)[C@H]4OC(C)=O)[C@](O)([C@H](C)C(=O)CCC(C)C)[C@@]3(C)CC[C@@H]2[C@@]2(C)CC[C@@H]3C[C@]312. The second kappa shape index (κ2) is 11.3. The maximum absolute atomic E-state index is 13.8. The lowest BCUT2D eigenvalue weighted by atomic mass is 9.44. The van der Waals surface area contributed by atoms with Gasteiger partial charge in [0.2, 0.25) is 0 Å². The molecule has 0 aromatic rings. The largest absolute Gasteiger partial charge is 0.454 e. The Morgan fingerprint density at radius 2 is 1.70 bits per heavy atom. The first-order valence-electron chi connectivity index (χ1n) is 17.2. The zero-order valence-electron chi connectivity index (χ0n) is 27.8. The number of aliphatic hydroxyl groups excluding tert-OH is 2. The molecule has 5 saturated carbocycles. The Morgan fingerprint density at radius 3 is 2.34 bits per heavy atom. The fourth-order valence-corrected chi connectivity index (χ4v) is 11.8. The first-order valence-corrected chi connectivity index (χ1v) is 17.2. The zero-order valence-corrected chi connectivity index (χ0v) is 27.8. The molecule has 0 amide bonds. The molecule has 6 aliphatic rings. The minimum atomic E-state index is -1.50. The van der Waals surface area contributed by atoms with Gasteiger partial charge in [0, 0.05) is 37.2 Å². The van der Waals surface area contributed by atoms with Crippen LogP contribution in [0.4, 0.5) is 0 Å². The van der Waals surface area contributed by atoms with Gasteiger partial charge in [0.05, 0.1) is 18.8 Å². The number of fused-ring (bicyclic) bond motifs is 4. The number of hydrogen-bond donors (Lipinski definition) is 3. The molecule has 15 atom stereocenters. The third-order valence-corrected chi connectivity index (χ3v) is 14.2. The summed E-state index contributed by atoms with van der Waals surface area (Å²) < 4.78 is 24.2. The van der Waals surface area contributed by atoms with Gasteiger partial charge >= 0.3 is 5.97 Å². The molecule has 3 N–H and O–H groups in total. The van der Waals surface area contributed by atoms with E-state index < -0.39 is 53.6 Å². The van der Waals surface area contributed by atoms with Crippen molar-refractivity contribution >= 4 is 11.8 Å². The number of carbonyl (C=O) groups excluding carboxylic acids is 2. The molecule has 0 unspecified atom stereocenters. The standard InChI is InChI=1S/C35H56O9/c1-18(2)8-9-25(37)19(3)35(40)28(44-31-30(43-20(4)36)29(39)26(38)17-42-31)15-24-22-14-27(41-7)34-16-21(34)10-12-32(34,5)23(22)11-13-33(24,35)6/h18-19,21-24,26-31,38-40H,8-17H2,1-7H3/t19-,21-,22-,23+,24+,26+,27-,28+,29+,30-,31+,32-,33+,34+,35-/m1/s1. The molecule has 1 saturated heterocycles. The number of ether oxygens (including phenoxy) is 4. The zero-order chi connectivity index (χ0) is 32.0. The maximum atomic E-state index is 13.8. The van der Waals surface area contributed by atoms with Gasteiger partial charge in [-0.3, -0.25) is 9.59 Å². The summed E-state index contributed by atoms with van der Waals surface area (Å²) in [5.41, 5.74) is -1.63. The highest BCUT2D eigenvalue weighted by atomic mass is 16.7. The van der Waals surface area contributed by atoms with Crippen molar-refractivity contribution in [3.05, 3.63) is 0 Å². The second-order valence-corrected chi connectivity index (χ2v) is 16.3. The van der Waals surface area contributed by atoms with Crippen LogP contribution in [0.2, 0.25) is 0 Å². The third-order valence-electron chi connectivity index (χ3n) is 14.2. The van der Waals surface area contributed by atoms with E-state index in [1.54, 1.807) is 0 Å². The number of esters is 1. The summed E-state index contributed by atoms with van der Waals surface area (Å²) >= 11 is 0. The molecule has 44 heavy (non-hydrogen) atoms. The quantitative estimate of drug-likeness (QED) is 0.327. The number of ketones is 1. The van der Waals surface area contributed by atoms with Crippen LogP contribution in [-0.4, -0.2) is 83.2 Å². The third kappa shape index (κ3) is 4.53. The molecule has 9 nitrogen and oxygen atoms in total. The van der Waals surface area contributed by atoms with Crippen molar-refractivity contribution in [3.63, 3.8) is 0 Å². The summed E-state index contributed by atoms with van der Waals surface area (Å²) in [6, 6.07) is 0. The molecule has 1 aliphatic heterocycles. The highest BCUT2D eigenvalue weighted by Crippen LogP contribution is 2.82. The summed E-state index contributed by atoms with van der Waals surface area (Å²) in [6.45, 7) is 11.7. The first kappa shape index (κ1) is 32.8. The molecule has 9 heteroatoms. The van der Waals surface area contributed by atoms with Gasteiger partial charge in [-0.15, -0.1) is 0 Å². The molecular formula is C35H56O9. The molecular weight excluding hydrogens is 564 g/mol. The highest BCUT2D eigenvalue weighted by Gasteiger charge is 2.79. The van der Waals surface area contributed by atoms with Gasteiger partial charge in [0.15, 0.2) is 12.4 Å². The molecule has 6 fully saturated rings. The van der Waals surface area contributed by atoms with E-state index in [0.29, 0.717) is 30.6 Å². The highest BCUT2D eigenvalue weighted by molar-refractivity contribution is 5.82. The van der Waals surface area contributed by atoms with Crippen molar-refractivity contribution in [2.24, 2.45) is 51.8 Å². The Bertz CT molecular complexity index is 1130. The van der Waals surface area contributed by atoms with E-state index in [4.69, 9.17) is 18.9 Å². The smallest absolute Gasteiger partial charge is 0.303 e. The topological polar surface area (TPSA) is 132 Å². The molecule has 0 aromatic carbocycles. The van der Waals surface area contributed by atoms with Crippen LogP contribution in [0.25, 0.3) is 0 Å². The van der Waals surface area contributed by atoms with Crippen LogP contribution < -0.4 is 0 Å². The molecule has 1 heterocycles. The van der Waals surface area contributed by atoms with E-state index in [1.165, 1.54) is 26.2 Å². The Kier molecular flexibility index (Phi) is 8.40. The van der Waals surface area contributed by atoms with E-state index in [1.807, 2.05) is 14.0 Å². The monoisotopic (exact) mass is 620 g/mol. The summed E-state index contributed by atoms with van der Waals surface area (Å²) in [5, 5.41) is 34.2. The molecule has 1 spiro atoms. The molecule has 0 aromatic heterocycles. The number of methoxy groups -OCH3 is 1. The molecule has 0 radical (unpaired) electrons. The van der Waals surface area contributed by atoms with E-state index in [2.05, 4.69) is 27.7 Å². The van der Waals surface area contributed by atoms with Gasteiger partial charge in [-0.25, -0.2) is 0 Å². The van der Waals surface area contributed by atoms with Crippen molar-refractivity contribution in [2.45, 2.75) is 142 Å². The Labute approximate surface area is 262 Å². The minimum Gasteiger partial charge on any atom is -0.454 e. The van der Waals surface area contributed by atoms with Crippen LogP contribution in [-0.2, 0) is 28.5 Å². The lowest BCUT2D eigenvalue weighted by Crippen LogP contribution is -2.63. The van der Waals surface area contributed by atoms with Crippen LogP contribution in [0.3, 0.4) is 0 Å². The Morgan fingerprint density at radius 1 is 1.00 bits per heavy atom. The van der Waals surface area contributed by atoms with Crippen molar-refractivity contribution < 1.29 is 43.9 Å². The van der Waals surface area contributed by atoms with Crippen LogP contribution in [0.5, 0.6) is 0 Å². The average molecular weight is 621 g/mol. The number of rotatable bonds is 9. The van der Waals surface area contributed by atoms with Crippen LogP contribution in [0, 0.1) is 51.8 Å². The number of Topliss-reactive ketones (excluding diaryl/α,β-unsaturated/α-hetero) is 1. The number of aliphatic hydroxyl groups is 3. The Balaban J connectivity index is 1.36. The van der Waals surface area contributed by atoms with Crippen molar-refractivity contribution in [1.82, 2.24) is 0 Å². The molecule has 250 valence electrons. The van der Waals surface area contributed by atoms with Gasteiger partial charge in [0.1, 0.15) is 23.6 Å². The predicted octanol–water partition coefficient (Wildman–Crippen LogP) is 4.03. The maximum Gasteiger partial charge on any atom is 0.303 e. The molecule has 0 bridgehead atoms. The fraction of sp³-hybridized carbons (Fsp3) is 0.943. The van der Waals surface area contributed by atoms with Crippen molar-refractivity contribution in [1.29, 1.82) is 0 Å². The summed E-state index contributed by atoms with van der Waals surface area (Å²) in [6.07, 6.45) is 2.48. The van der Waals surface area contributed by atoms with Crippen molar-refractivity contribution in [3.8, 4) is 0 Å². The predicted molar refractivity (Wildman–Crippen MR) is 161 cm³/mol. The van der Waals surface area contributed by atoms with E-state index >= 15 is 0 Å². The van der Waals surface area contributed by atoms with Crippen LogP contribution in [0.15, 0.2) is 0 Å². The van der Waals surface area contributed by atoms with E-state index in [0.717, 1.165) is 31.6 Å². The summed E-state index contributed by atoms with van der Waals surface area (Å²) in [7, 11) is 1.86. The average Bonchev–Trinajstić information content (AvgIpc) is 3.56. The van der Waals surface area contributed by atoms with Crippen LogP contribution in [0.1, 0.15) is 99.3 Å². The molecule has 5 aliphatic carbocycles. The first-order chi connectivity index (χ1) is 20.7. The second-order valence-electron chi connectivity index (χ2n) is 16.3. The minimum absolute atomic E-state index is 0.0243. The summed E-state index contributed by atoms with van der Waals surface area (Å²) in [5.74, 6) is 0.748. The van der Waals surface area contributed by atoms with Gasteiger partial charge in [-0.05, 0) is 86.4 Å². The Hall–Kier alpha value is -1.10. The van der Waals surface area contributed by atoms with E-state index in [-0.39, 0.29) is 35.2 Å². The molecule has 6 rings (SSSR count). The number of hydrogen-bond acceptors (Lipinski definition) is 9. The lowest BCUT2D eigenvalue weighted by molar-refractivity contribution is -0.306. The van der Waals surface area contributed by atoms with Gasteiger partial charge in [-0.1, -0.05) is 34.6 Å². The van der Waals surface area contributed by atoms with Gasteiger partial charge < -0.3 is 34.3 Å². The van der Waals surface area contributed by atoms with Gasteiger partial charge in [0.25, 0.3) is 0 Å². The van der Waals surface area contributed by atoms with Gasteiger partial charge in [-0.2, -0.15) is 0 Å². The van der Waals surface area contributed by atoms with E-state index in [9.17, 15) is 24.9 Å². The lowest BCUT2D eigenvalue weighted by Gasteiger charge is -2.61. The fourth-order valence-electron chi connectivity index (χ4n) is 11.8. The van der Waals surface area contributed by atoms with Crippen molar-refractivity contribution in [2.75, 3.05) is 13.7 Å². The normalized spacial score (nSPS) is 51.6. The van der Waals surface area contributed by atoms with Crippen LogP contribution >= 0.6 is 0 Å². The number of carbonyl (C=O) groups is 2.